The van der Waals surface area contributed by atoms with Crippen LogP contribution in [0.3, 0.4) is 0 Å². The van der Waals surface area contributed by atoms with E-state index in [9.17, 15) is 4.79 Å². The fraction of sp³-hybridized carbons (Fsp3) is 0.885. The Bertz CT molecular complexity index is 506. The Hall–Kier alpha value is -1.15. The second-order valence-electron chi connectivity index (χ2n) is 10.2. The summed E-state index contributed by atoms with van der Waals surface area (Å²) in [6.07, 6.45) is 2.91. The van der Waals surface area contributed by atoms with Crippen LogP contribution in [0, 0.1) is 10.8 Å². The fourth-order valence-corrected chi connectivity index (χ4v) is 2.18. The van der Waals surface area contributed by atoms with Crippen LogP contribution < -0.4 is 5.32 Å². The first-order valence-electron chi connectivity index (χ1n) is 12.4. The van der Waals surface area contributed by atoms with Crippen LogP contribution in [0.15, 0.2) is 12.3 Å². The zero-order valence-electron chi connectivity index (χ0n) is 23.5. The number of hydrogen-bond acceptors (Lipinski definition) is 6. The molecule has 0 aromatic rings. The summed E-state index contributed by atoms with van der Waals surface area (Å²) in [5, 5.41) is 2.96. The molecule has 198 valence electrons. The smallest absolute Gasteiger partial charge is 0.225 e. The lowest BCUT2D eigenvalue weighted by atomic mass is 9.88. The largest absolute Gasteiger partial charge is 0.496 e. The number of allylic oxidation sites excluding steroid dienone is 1. The van der Waals surface area contributed by atoms with Gasteiger partial charge in [-0.25, -0.2) is 0 Å². The van der Waals surface area contributed by atoms with Crippen LogP contribution >= 0.6 is 0 Å². The number of nitrogens with zero attached hydrogens (tertiary/aromatic N) is 2. The molecule has 0 aliphatic carbocycles. The number of carbonyl (C=O) groups excluding carboxylic acids is 1. The Morgan fingerprint density at radius 2 is 1.27 bits per heavy atom. The molecule has 33 heavy (non-hydrogen) atoms. The van der Waals surface area contributed by atoms with Crippen LogP contribution in [0.2, 0.25) is 0 Å². The van der Waals surface area contributed by atoms with Crippen molar-refractivity contribution in [3.63, 3.8) is 0 Å². The lowest BCUT2D eigenvalue weighted by Gasteiger charge is -2.25. The molecule has 0 heterocycles. The molecule has 0 atom stereocenters. The van der Waals surface area contributed by atoms with E-state index in [0.29, 0.717) is 26.4 Å². The van der Waals surface area contributed by atoms with Gasteiger partial charge in [-0.15, -0.1) is 0 Å². The minimum atomic E-state index is -0.224. The van der Waals surface area contributed by atoms with E-state index >= 15 is 0 Å². The molecule has 0 aromatic carbocycles. The Morgan fingerprint density at radius 1 is 0.788 bits per heavy atom. The third kappa shape index (κ3) is 20.0. The second kappa shape index (κ2) is 19.2. The lowest BCUT2D eigenvalue weighted by Crippen LogP contribution is -2.37. The van der Waals surface area contributed by atoms with Gasteiger partial charge >= 0.3 is 0 Å². The summed E-state index contributed by atoms with van der Waals surface area (Å²) in [5.41, 5.74) is -0.187. The van der Waals surface area contributed by atoms with E-state index in [2.05, 4.69) is 42.5 Å². The SMILES string of the molecule is C=C(OCCOCCOCCN(C)C)C(C)(C)CC.CCC(C)(C)C(=O)NCCCN(C)C. The van der Waals surface area contributed by atoms with Crippen molar-refractivity contribution in [2.24, 2.45) is 10.8 Å². The van der Waals surface area contributed by atoms with Gasteiger partial charge in [0.05, 0.1) is 32.2 Å². The Balaban J connectivity index is 0. The summed E-state index contributed by atoms with van der Waals surface area (Å²) in [6.45, 7) is 22.2. The molecule has 0 saturated carbocycles. The minimum absolute atomic E-state index is 0.0370. The summed E-state index contributed by atoms with van der Waals surface area (Å²) < 4.78 is 16.4. The molecule has 0 radical (unpaired) electrons. The van der Waals surface area contributed by atoms with Crippen LogP contribution in [0.5, 0.6) is 0 Å². The maximum atomic E-state index is 11.6. The lowest BCUT2D eigenvalue weighted by molar-refractivity contribution is -0.129. The van der Waals surface area contributed by atoms with Gasteiger partial charge in [-0.2, -0.15) is 0 Å². The number of ether oxygens (including phenoxy) is 3. The Labute approximate surface area is 205 Å². The quantitative estimate of drug-likeness (QED) is 0.239. The standard InChI is InChI=1S/C15H31NO3.C11H24N2O/c1-7-15(3,4)14(2)19-13-12-18-11-10-17-9-8-16(5)6;1-6-11(2,3)10(14)12-8-7-9-13(4)5/h2,7-13H2,1,3-6H3;6-9H2,1-5H3,(H,12,14). The Kier molecular flexibility index (Phi) is 19.8. The van der Waals surface area contributed by atoms with Crippen LogP contribution in [0.4, 0.5) is 0 Å². The van der Waals surface area contributed by atoms with E-state index in [1.54, 1.807) is 0 Å². The van der Waals surface area contributed by atoms with E-state index in [-0.39, 0.29) is 16.7 Å². The van der Waals surface area contributed by atoms with Gasteiger partial charge in [0.2, 0.25) is 5.91 Å². The van der Waals surface area contributed by atoms with Gasteiger partial charge in [0.1, 0.15) is 6.61 Å². The van der Waals surface area contributed by atoms with E-state index in [1.807, 2.05) is 49.0 Å². The number of likely N-dealkylation sites (N-methyl/N-ethyl adjacent to an activating group) is 1. The third-order valence-corrected chi connectivity index (χ3v) is 5.76. The van der Waals surface area contributed by atoms with Crippen LogP contribution in [0.1, 0.15) is 60.8 Å². The van der Waals surface area contributed by atoms with Gasteiger partial charge < -0.3 is 29.3 Å². The average molecular weight is 474 g/mol. The molecular formula is C26H55N3O4. The van der Waals surface area contributed by atoms with Crippen molar-refractivity contribution < 1.29 is 19.0 Å². The predicted molar refractivity (Wildman–Crippen MR) is 140 cm³/mol. The first kappa shape index (κ1) is 34.0. The molecule has 7 nitrogen and oxygen atoms in total. The van der Waals surface area contributed by atoms with E-state index < -0.39 is 0 Å². The normalized spacial score (nSPS) is 11.9. The highest BCUT2D eigenvalue weighted by atomic mass is 16.5. The molecule has 0 bridgehead atoms. The number of rotatable bonds is 18. The average Bonchev–Trinajstić information content (AvgIpc) is 2.75. The molecule has 0 aliphatic rings. The highest BCUT2D eigenvalue weighted by Crippen LogP contribution is 2.29. The molecule has 0 fully saturated rings. The minimum Gasteiger partial charge on any atom is -0.496 e. The predicted octanol–water partition coefficient (Wildman–Crippen LogP) is 4.04. The Morgan fingerprint density at radius 3 is 1.76 bits per heavy atom. The molecule has 0 spiro atoms. The first-order valence-corrected chi connectivity index (χ1v) is 12.4. The number of nitrogens with one attached hydrogen (secondary N) is 1. The molecule has 0 aromatic heterocycles. The van der Waals surface area contributed by atoms with Gasteiger partial charge in [-0.3, -0.25) is 4.79 Å². The summed E-state index contributed by atoms with van der Waals surface area (Å²) in [7, 11) is 8.14. The summed E-state index contributed by atoms with van der Waals surface area (Å²) in [5.74, 6) is 1.000. The topological polar surface area (TPSA) is 63.3 Å². The maximum Gasteiger partial charge on any atom is 0.225 e. The van der Waals surface area contributed by atoms with Crippen LogP contribution in [-0.4, -0.2) is 96.6 Å². The fourth-order valence-electron chi connectivity index (χ4n) is 2.18. The zero-order valence-corrected chi connectivity index (χ0v) is 23.5. The molecule has 7 heteroatoms. The molecule has 1 N–H and O–H groups in total. The van der Waals surface area contributed by atoms with Gasteiger partial charge in [0, 0.05) is 23.9 Å². The molecular weight excluding hydrogens is 418 g/mol. The number of carbonyl (C=O) groups is 1. The second-order valence-corrected chi connectivity index (χ2v) is 10.2. The van der Waals surface area contributed by atoms with Crippen molar-refractivity contribution in [2.75, 3.05) is 80.9 Å². The molecule has 0 unspecified atom stereocenters. The molecule has 0 saturated heterocycles. The van der Waals surface area contributed by atoms with Gasteiger partial charge in [0.15, 0.2) is 0 Å². The summed E-state index contributed by atoms with van der Waals surface area (Å²) in [4.78, 5) is 15.8. The third-order valence-electron chi connectivity index (χ3n) is 5.76. The zero-order chi connectivity index (χ0) is 25.9. The van der Waals surface area contributed by atoms with E-state index in [4.69, 9.17) is 14.2 Å². The van der Waals surface area contributed by atoms with Crippen molar-refractivity contribution in [3.05, 3.63) is 12.3 Å². The van der Waals surface area contributed by atoms with E-state index in [0.717, 1.165) is 51.3 Å². The highest BCUT2D eigenvalue weighted by Gasteiger charge is 2.24. The summed E-state index contributed by atoms with van der Waals surface area (Å²) in [6, 6.07) is 0. The molecule has 0 rings (SSSR count). The van der Waals surface area contributed by atoms with Gasteiger partial charge in [-0.05, 0) is 54.0 Å². The monoisotopic (exact) mass is 473 g/mol. The van der Waals surface area contributed by atoms with Crippen LogP contribution in [0.25, 0.3) is 0 Å². The van der Waals surface area contributed by atoms with Crippen molar-refractivity contribution in [3.8, 4) is 0 Å². The van der Waals surface area contributed by atoms with Crippen molar-refractivity contribution in [1.29, 1.82) is 0 Å². The van der Waals surface area contributed by atoms with Gasteiger partial charge in [0.25, 0.3) is 0 Å². The van der Waals surface area contributed by atoms with Crippen LogP contribution in [-0.2, 0) is 19.0 Å². The molecule has 0 aliphatic heterocycles. The molecule has 1 amide bonds. The van der Waals surface area contributed by atoms with Crippen molar-refractivity contribution >= 4 is 5.91 Å². The highest BCUT2D eigenvalue weighted by molar-refractivity contribution is 5.81. The number of amides is 1. The maximum absolute atomic E-state index is 11.6. The van der Waals surface area contributed by atoms with Crippen molar-refractivity contribution in [1.82, 2.24) is 15.1 Å². The summed E-state index contributed by atoms with van der Waals surface area (Å²) >= 11 is 0. The van der Waals surface area contributed by atoms with Crippen molar-refractivity contribution in [2.45, 2.75) is 60.8 Å². The van der Waals surface area contributed by atoms with Gasteiger partial charge in [-0.1, -0.05) is 48.1 Å². The number of hydrogen-bond donors (Lipinski definition) is 1. The van der Waals surface area contributed by atoms with E-state index in [1.165, 1.54) is 0 Å². The first-order chi connectivity index (χ1) is 15.3.